The van der Waals surface area contributed by atoms with Crippen molar-refractivity contribution in [1.29, 1.82) is 0 Å². The molecule has 0 atom stereocenters. The van der Waals surface area contributed by atoms with Crippen molar-refractivity contribution >= 4 is 43.5 Å². The van der Waals surface area contributed by atoms with E-state index in [-0.39, 0.29) is 11.1 Å². The summed E-state index contributed by atoms with van der Waals surface area (Å²) in [4.78, 5) is 4.52. The Balaban J connectivity index is 2.27. The lowest BCUT2D eigenvalue weighted by Crippen LogP contribution is -2.31. The normalized spacial score (nSPS) is 16.0. The molecule has 0 aliphatic carbocycles. The average molecular weight is 403 g/mol. The van der Waals surface area contributed by atoms with E-state index >= 15 is 0 Å². The molecule has 5 aromatic rings. The number of hydrogen-bond donors (Lipinski definition) is 0. The third-order valence-electron chi connectivity index (χ3n) is 5.65. The second-order valence-electron chi connectivity index (χ2n) is 9.19. The van der Waals surface area contributed by atoms with E-state index in [0.717, 1.165) is 27.2 Å². The predicted molar refractivity (Wildman–Crippen MR) is 125 cm³/mol. The second-order valence-corrected chi connectivity index (χ2v) is 9.19. The molecular weight excluding hydrogens is 368 g/mol. The van der Waals surface area contributed by atoms with Crippen LogP contribution in [0.3, 0.4) is 0 Å². The smallest absolute Gasteiger partial charge is 0.221 e. The molecule has 3 heteroatoms. The molecule has 0 N–H and O–H groups in total. The zero-order chi connectivity index (χ0) is 25.7. The van der Waals surface area contributed by atoms with Crippen molar-refractivity contribution < 1.29 is 15.8 Å². The van der Waals surface area contributed by atoms with Crippen LogP contribution in [0.4, 0.5) is 0 Å². The summed E-state index contributed by atoms with van der Waals surface area (Å²) in [5.41, 5.74) is 2.34. The number of fused-ring (bicyclic) bond motifs is 8. The minimum Gasteiger partial charge on any atom is -0.440 e. The van der Waals surface area contributed by atoms with Crippen LogP contribution in [-0.2, 0) is 13.4 Å². The lowest BCUT2D eigenvalue weighted by molar-refractivity contribution is -0.644. The highest BCUT2D eigenvalue weighted by Crippen LogP contribution is 2.42. The summed E-state index contributed by atoms with van der Waals surface area (Å²) in [6.07, 6.45) is -0.387. The van der Waals surface area contributed by atoms with E-state index in [1.165, 1.54) is 0 Å². The fourth-order valence-corrected chi connectivity index (χ4v) is 4.58. The van der Waals surface area contributed by atoms with Crippen molar-refractivity contribution in [3.05, 3.63) is 59.1 Å². The number of aromatic nitrogens is 2. The maximum atomic E-state index is 9.30. The molecule has 0 bridgehead atoms. The molecule has 0 spiro atoms. The zero-order valence-corrected chi connectivity index (χ0v) is 18.3. The predicted octanol–water partition coefficient (Wildman–Crippen LogP) is 6.63. The fraction of sp³-hybridized carbons (Fsp3) is 0.333. The van der Waals surface area contributed by atoms with Gasteiger partial charge in [0.25, 0.3) is 0 Å². The summed E-state index contributed by atoms with van der Waals surface area (Å²) in [6.45, 7) is 6.70. The highest BCUT2D eigenvalue weighted by molar-refractivity contribution is 6.30. The summed E-state index contributed by atoms with van der Waals surface area (Å²) in [5.74, 6) is 0.502. The van der Waals surface area contributed by atoms with E-state index in [1.807, 2.05) is 42.8 Å². The Bertz CT molecular complexity index is 1670. The van der Waals surface area contributed by atoms with Gasteiger partial charge in [-0.1, -0.05) is 45.0 Å². The first-order chi connectivity index (χ1) is 16.1. The Kier molecular flexibility index (Phi) is 2.96. The van der Waals surface area contributed by atoms with Gasteiger partial charge < -0.3 is 4.42 Å². The van der Waals surface area contributed by atoms with Crippen LogP contribution in [0.25, 0.3) is 43.5 Å². The van der Waals surface area contributed by atoms with Gasteiger partial charge in [0.05, 0.1) is 10.8 Å². The molecule has 0 radical (unpaired) electrons. The lowest BCUT2D eigenvalue weighted by Gasteiger charge is -2.22. The molecule has 0 saturated heterocycles. The number of oxazole rings is 1. The van der Waals surface area contributed by atoms with Gasteiger partial charge in [0, 0.05) is 24.7 Å². The molecule has 0 amide bonds. The van der Waals surface area contributed by atoms with Crippen LogP contribution >= 0.6 is 0 Å². The third kappa shape index (κ3) is 2.72. The highest BCUT2D eigenvalue weighted by Gasteiger charge is 2.26. The molecule has 0 aliphatic heterocycles. The molecule has 0 unspecified atom stereocenters. The molecule has 2 aromatic heterocycles. The molecule has 152 valence electrons. The van der Waals surface area contributed by atoms with E-state index in [2.05, 4.69) is 11.1 Å². The Labute approximate surface area is 184 Å². The highest BCUT2D eigenvalue weighted by atomic mass is 16.3. The molecular formula is C27H29N2O+. The average Bonchev–Trinajstić information content (AvgIpc) is 3.12. The maximum Gasteiger partial charge on any atom is 0.221 e. The van der Waals surface area contributed by atoms with Crippen LogP contribution in [0.1, 0.15) is 50.2 Å². The molecule has 3 nitrogen and oxygen atoms in total. The van der Waals surface area contributed by atoms with E-state index < -0.39 is 18.6 Å². The second kappa shape index (κ2) is 6.28. The Morgan fingerprint density at radius 2 is 1.80 bits per heavy atom. The minimum absolute atomic E-state index is 0.00917. The van der Waals surface area contributed by atoms with Crippen molar-refractivity contribution in [3.8, 4) is 0 Å². The van der Waals surface area contributed by atoms with Gasteiger partial charge in [-0.2, -0.15) is 0 Å². The molecule has 0 aliphatic rings. The SMILES string of the molecule is [2H]C([2H])([2H])c1c[n+](C)c2c3c(C)cccc3c3ccc4nc(C)oc4c3c2c1C([2H])([2H])C(C)(C)C. The first-order valence-corrected chi connectivity index (χ1v) is 10.2. The van der Waals surface area contributed by atoms with Gasteiger partial charge in [-0.05, 0) is 53.5 Å². The molecule has 30 heavy (non-hydrogen) atoms. The lowest BCUT2D eigenvalue weighted by atomic mass is 9.83. The first-order valence-electron chi connectivity index (χ1n) is 12.7. The van der Waals surface area contributed by atoms with Crippen LogP contribution < -0.4 is 4.57 Å². The Morgan fingerprint density at radius 3 is 2.53 bits per heavy atom. The molecule has 5 rings (SSSR count). The standard InChI is InChI=1S/C27H29N2O/c1-15-9-8-10-18-19-11-12-21-26(30-17(3)28-21)24(19)23-20(13-27(4,5)6)16(2)14-29(7)25(23)22(15)18/h8-12,14H,13H2,1-7H3/q+1/i2D3,13D2. The number of nitrogens with zero attached hydrogens (tertiary/aromatic N) is 2. The summed E-state index contributed by atoms with van der Waals surface area (Å²) >= 11 is 0. The quantitative estimate of drug-likeness (QED) is 0.233. The summed E-state index contributed by atoms with van der Waals surface area (Å²) in [7, 11) is 1.83. The molecule has 2 heterocycles. The van der Waals surface area contributed by atoms with E-state index in [1.54, 1.807) is 33.9 Å². The Hall–Kier alpha value is -2.94. The van der Waals surface area contributed by atoms with Crippen molar-refractivity contribution in [2.75, 3.05) is 0 Å². The van der Waals surface area contributed by atoms with Crippen molar-refractivity contribution in [1.82, 2.24) is 4.98 Å². The van der Waals surface area contributed by atoms with Gasteiger partial charge in [0.15, 0.2) is 17.7 Å². The van der Waals surface area contributed by atoms with Crippen molar-refractivity contribution in [2.45, 2.75) is 47.8 Å². The van der Waals surface area contributed by atoms with Gasteiger partial charge >= 0.3 is 0 Å². The van der Waals surface area contributed by atoms with Crippen LogP contribution in [0.5, 0.6) is 0 Å². The fourth-order valence-electron chi connectivity index (χ4n) is 4.58. The van der Waals surface area contributed by atoms with Crippen molar-refractivity contribution in [3.63, 3.8) is 0 Å². The first kappa shape index (κ1) is 14.1. The summed E-state index contributed by atoms with van der Waals surface area (Å²) < 4.78 is 51.6. The number of hydrogen-bond acceptors (Lipinski definition) is 2. The van der Waals surface area contributed by atoms with Crippen LogP contribution in [0.2, 0.25) is 0 Å². The van der Waals surface area contributed by atoms with Crippen molar-refractivity contribution in [2.24, 2.45) is 12.5 Å². The van der Waals surface area contributed by atoms with Gasteiger partial charge in [-0.15, -0.1) is 0 Å². The van der Waals surface area contributed by atoms with Gasteiger partial charge in [0.2, 0.25) is 5.52 Å². The summed E-state index contributed by atoms with van der Waals surface area (Å²) in [6, 6.07) is 9.98. The van der Waals surface area contributed by atoms with Gasteiger partial charge in [-0.3, -0.25) is 0 Å². The number of aryl methyl sites for hydroxylation is 4. The minimum atomic E-state index is -2.52. The topological polar surface area (TPSA) is 29.9 Å². The van der Waals surface area contributed by atoms with Crippen LogP contribution in [0, 0.1) is 26.1 Å². The third-order valence-corrected chi connectivity index (χ3v) is 5.65. The van der Waals surface area contributed by atoms with Crippen LogP contribution in [0.15, 0.2) is 40.9 Å². The van der Waals surface area contributed by atoms with Gasteiger partial charge in [-0.25, -0.2) is 9.55 Å². The van der Waals surface area contributed by atoms with E-state index in [9.17, 15) is 2.74 Å². The van der Waals surface area contributed by atoms with E-state index in [0.29, 0.717) is 27.8 Å². The number of pyridine rings is 1. The molecule has 0 saturated carbocycles. The van der Waals surface area contributed by atoms with Crippen LogP contribution in [-0.4, -0.2) is 4.98 Å². The monoisotopic (exact) mass is 402 g/mol. The summed E-state index contributed by atoms with van der Waals surface area (Å²) in [5, 5.41) is 4.12. The number of rotatable bonds is 1. The number of benzene rings is 3. The molecule has 0 fully saturated rings. The maximum absolute atomic E-state index is 9.30. The Morgan fingerprint density at radius 1 is 1.03 bits per heavy atom. The largest absolute Gasteiger partial charge is 0.440 e. The van der Waals surface area contributed by atoms with Gasteiger partial charge in [0.1, 0.15) is 12.6 Å². The van der Waals surface area contributed by atoms with E-state index in [4.69, 9.17) is 8.53 Å². The molecule has 3 aromatic carbocycles. The zero-order valence-electron chi connectivity index (χ0n) is 23.3.